The van der Waals surface area contributed by atoms with E-state index in [0.717, 1.165) is 56.4 Å². The normalized spacial score (nSPS) is 17.3. The zero-order valence-corrected chi connectivity index (χ0v) is 19.7. The predicted molar refractivity (Wildman–Crippen MR) is 124 cm³/mol. The van der Waals surface area contributed by atoms with Gasteiger partial charge in [0.2, 0.25) is 10.0 Å². The Kier molecular flexibility index (Phi) is 6.71. The summed E-state index contributed by atoms with van der Waals surface area (Å²) in [5.74, 6) is 1.02. The number of sulfonamides is 1. The Morgan fingerprint density at radius 2 is 1.82 bits per heavy atom. The Morgan fingerprint density at radius 1 is 1.03 bits per heavy atom. The van der Waals surface area contributed by atoms with Crippen LogP contribution in [0.2, 0.25) is 0 Å². The van der Waals surface area contributed by atoms with Gasteiger partial charge in [-0.15, -0.1) is 0 Å². The van der Waals surface area contributed by atoms with Crippen LogP contribution >= 0.6 is 0 Å². The fraction of sp³-hybridized carbons (Fsp3) is 0.458. The third-order valence-electron chi connectivity index (χ3n) is 6.45. The molecule has 3 aromatic rings. The summed E-state index contributed by atoms with van der Waals surface area (Å²) >= 11 is 0. The maximum Gasteiger partial charge on any atom is 0.240 e. The minimum absolute atomic E-state index is 0.182. The lowest BCUT2D eigenvalue weighted by Crippen LogP contribution is -2.34. The van der Waals surface area contributed by atoms with E-state index < -0.39 is 10.0 Å². The number of piperidine rings is 1. The number of likely N-dealkylation sites (tertiary alicyclic amines) is 1. The van der Waals surface area contributed by atoms with Crippen molar-refractivity contribution < 1.29 is 26.8 Å². The van der Waals surface area contributed by atoms with Crippen LogP contribution in [0, 0.1) is 5.82 Å². The van der Waals surface area contributed by atoms with E-state index in [1.54, 1.807) is 12.1 Å². The first kappa shape index (κ1) is 23.1. The molecule has 2 aromatic carbocycles. The second kappa shape index (κ2) is 9.89. The van der Waals surface area contributed by atoms with Gasteiger partial charge < -0.3 is 18.9 Å². The third-order valence-corrected chi connectivity index (χ3v) is 7.91. The maximum atomic E-state index is 13.4. The highest BCUT2D eigenvalue weighted by Crippen LogP contribution is 2.33. The molecule has 0 unspecified atom stereocenters. The van der Waals surface area contributed by atoms with Gasteiger partial charge in [0.15, 0.2) is 17.1 Å². The number of ether oxygens (including phenoxy) is 2. The molecule has 0 spiro atoms. The van der Waals surface area contributed by atoms with Crippen molar-refractivity contribution in [3.63, 3.8) is 0 Å². The highest BCUT2D eigenvalue weighted by Gasteiger charge is 2.25. The van der Waals surface area contributed by atoms with E-state index in [9.17, 15) is 12.8 Å². The molecule has 0 aliphatic carbocycles. The monoisotopic (exact) mass is 489 g/mol. The number of halogens is 1. The van der Waals surface area contributed by atoms with Gasteiger partial charge in [0, 0.05) is 30.0 Å². The molecule has 0 bridgehead atoms. The summed E-state index contributed by atoms with van der Waals surface area (Å²) in [4.78, 5) is 2.58. The Labute approximate surface area is 198 Å². The molecule has 5 rings (SSSR count). The number of nitrogens with zero attached hydrogens (tertiary/aromatic N) is 2. The zero-order valence-electron chi connectivity index (χ0n) is 18.8. The molecular weight excluding hydrogens is 461 g/mol. The standard InChI is InChI=1S/C24H28FN3O5S/c25-18-3-5-20-22(15-18)33-27-24(20)17-7-11-28(12-8-17)10-2-1-9-26-34(29,30)19-4-6-21-23(16-19)32-14-13-31-21/h3-6,15-17,26H,1-2,7-14H2. The van der Waals surface area contributed by atoms with E-state index in [-0.39, 0.29) is 10.7 Å². The van der Waals surface area contributed by atoms with E-state index in [1.165, 1.54) is 24.3 Å². The quantitative estimate of drug-likeness (QED) is 0.483. The fourth-order valence-corrected chi connectivity index (χ4v) is 5.69. The van der Waals surface area contributed by atoms with Crippen molar-refractivity contribution in [2.45, 2.75) is 36.5 Å². The van der Waals surface area contributed by atoms with Gasteiger partial charge in [-0.1, -0.05) is 5.16 Å². The van der Waals surface area contributed by atoms with Crippen LogP contribution in [0.4, 0.5) is 4.39 Å². The molecule has 1 fully saturated rings. The third kappa shape index (κ3) is 5.03. The molecule has 2 aliphatic heterocycles. The number of benzene rings is 2. The molecule has 3 heterocycles. The predicted octanol–water partition coefficient (Wildman–Crippen LogP) is 3.68. The highest BCUT2D eigenvalue weighted by atomic mass is 32.2. The van der Waals surface area contributed by atoms with Crippen LogP contribution < -0.4 is 14.2 Å². The number of nitrogens with one attached hydrogen (secondary N) is 1. The lowest BCUT2D eigenvalue weighted by atomic mass is 9.91. The Morgan fingerprint density at radius 3 is 2.65 bits per heavy atom. The summed E-state index contributed by atoms with van der Waals surface area (Å²) in [6.07, 6.45) is 3.59. The zero-order chi connectivity index (χ0) is 23.5. The van der Waals surface area contributed by atoms with Crippen LogP contribution in [-0.4, -0.2) is 57.9 Å². The molecule has 10 heteroatoms. The number of aromatic nitrogens is 1. The first-order valence-electron chi connectivity index (χ1n) is 11.7. The Hall–Kier alpha value is -2.69. The van der Waals surface area contributed by atoms with Crippen LogP contribution in [0.5, 0.6) is 11.5 Å². The topological polar surface area (TPSA) is 93.9 Å². The first-order valence-corrected chi connectivity index (χ1v) is 13.1. The molecule has 0 radical (unpaired) electrons. The van der Waals surface area contributed by atoms with E-state index in [0.29, 0.717) is 42.8 Å². The van der Waals surface area contributed by atoms with Gasteiger partial charge in [0.1, 0.15) is 19.0 Å². The largest absolute Gasteiger partial charge is 0.486 e. The second-order valence-electron chi connectivity index (χ2n) is 8.73. The summed E-state index contributed by atoms with van der Waals surface area (Å²) in [6, 6.07) is 9.25. The van der Waals surface area contributed by atoms with Crippen LogP contribution in [-0.2, 0) is 10.0 Å². The van der Waals surface area contributed by atoms with Crippen LogP contribution in [0.1, 0.15) is 37.3 Å². The molecule has 0 saturated carbocycles. The lowest BCUT2D eigenvalue weighted by Gasteiger charge is -2.31. The molecule has 0 amide bonds. The minimum Gasteiger partial charge on any atom is -0.486 e. The summed E-state index contributed by atoms with van der Waals surface area (Å²) < 4.78 is 57.5. The van der Waals surface area contributed by atoms with Crippen LogP contribution in [0.15, 0.2) is 45.8 Å². The molecule has 1 saturated heterocycles. The van der Waals surface area contributed by atoms with E-state index in [4.69, 9.17) is 14.0 Å². The van der Waals surface area contributed by atoms with Gasteiger partial charge in [0.25, 0.3) is 0 Å². The number of hydrogen-bond donors (Lipinski definition) is 1. The molecule has 182 valence electrons. The second-order valence-corrected chi connectivity index (χ2v) is 10.5. The average Bonchev–Trinajstić information content (AvgIpc) is 3.27. The van der Waals surface area contributed by atoms with Crippen molar-refractivity contribution in [2.75, 3.05) is 39.4 Å². The maximum absolute atomic E-state index is 13.4. The SMILES string of the molecule is O=S(=O)(NCCCCN1CCC(c2noc3cc(F)ccc23)CC1)c1ccc2c(c1)OCCO2. The van der Waals surface area contributed by atoms with Gasteiger partial charge in [-0.05, 0) is 69.6 Å². The summed E-state index contributed by atoms with van der Waals surface area (Å²) in [6.45, 7) is 4.08. The van der Waals surface area contributed by atoms with Gasteiger partial charge in [-0.3, -0.25) is 0 Å². The average molecular weight is 490 g/mol. The van der Waals surface area contributed by atoms with Crippen molar-refractivity contribution in [3.8, 4) is 11.5 Å². The van der Waals surface area contributed by atoms with Gasteiger partial charge in [-0.2, -0.15) is 0 Å². The molecular formula is C24H28FN3O5S. The fourth-order valence-electron chi connectivity index (χ4n) is 4.60. The number of hydrogen-bond acceptors (Lipinski definition) is 7. The number of fused-ring (bicyclic) bond motifs is 2. The van der Waals surface area contributed by atoms with Crippen molar-refractivity contribution in [1.82, 2.24) is 14.8 Å². The Balaban J connectivity index is 1.05. The van der Waals surface area contributed by atoms with Crippen molar-refractivity contribution >= 4 is 21.0 Å². The molecule has 2 aliphatic rings. The molecule has 1 N–H and O–H groups in total. The number of unbranched alkanes of at least 4 members (excludes halogenated alkanes) is 1. The van der Waals surface area contributed by atoms with Gasteiger partial charge in [0.05, 0.1) is 10.6 Å². The molecule has 8 nitrogen and oxygen atoms in total. The van der Waals surface area contributed by atoms with E-state index in [1.807, 2.05) is 0 Å². The minimum atomic E-state index is -3.59. The van der Waals surface area contributed by atoms with Gasteiger partial charge >= 0.3 is 0 Å². The number of rotatable bonds is 8. The smallest absolute Gasteiger partial charge is 0.240 e. The first-order chi connectivity index (χ1) is 16.5. The highest BCUT2D eigenvalue weighted by molar-refractivity contribution is 7.89. The molecule has 34 heavy (non-hydrogen) atoms. The van der Waals surface area contributed by atoms with Crippen LogP contribution in [0.25, 0.3) is 11.0 Å². The molecule has 0 atom stereocenters. The lowest BCUT2D eigenvalue weighted by molar-refractivity contribution is 0.171. The van der Waals surface area contributed by atoms with Crippen LogP contribution in [0.3, 0.4) is 0 Å². The van der Waals surface area contributed by atoms with E-state index >= 15 is 0 Å². The Bertz CT molecular complexity index is 1250. The summed E-state index contributed by atoms with van der Waals surface area (Å²) in [5.41, 5.74) is 1.42. The summed E-state index contributed by atoms with van der Waals surface area (Å²) in [5, 5.41) is 5.10. The summed E-state index contributed by atoms with van der Waals surface area (Å²) in [7, 11) is -3.59. The van der Waals surface area contributed by atoms with Crippen molar-refractivity contribution in [2.24, 2.45) is 0 Å². The van der Waals surface area contributed by atoms with Crippen molar-refractivity contribution in [3.05, 3.63) is 47.9 Å². The molecule has 1 aromatic heterocycles. The van der Waals surface area contributed by atoms with Crippen molar-refractivity contribution in [1.29, 1.82) is 0 Å². The van der Waals surface area contributed by atoms with Gasteiger partial charge in [-0.25, -0.2) is 17.5 Å². The van der Waals surface area contributed by atoms with E-state index in [2.05, 4.69) is 14.8 Å².